The topological polar surface area (TPSA) is 99.1 Å². The van der Waals surface area contributed by atoms with E-state index in [0.29, 0.717) is 18.2 Å². The van der Waals surface area contributed by atoms with E-state index in [1.165, 1.54) is 24.4 Å². The number of benzene rings is 3. The molecule has 2 N–H and O–H groups in total. The summed E-state index contributed by atoms with van der Waals surface area (Å²) in [6, 6.07) is 15.6. The third kappa shape index (κ3) is 6.55. The van der Waals surface area contributed by atoms with Crippen LogP contribution in [0.3, 0.4) is 0 Å². The monoisotopic (exact) mass is 531 g/mol. The second-order valence-corrected chi connectivity index (χ2v) is 9.99. The van der Waals surface area contributed by atoms with Crippen LogP contribution in [0.25, 0.3) is 11.1 Å². The zero-order valence-electron chi connectivity index (χ0n) is 19.6. The minimum Gasteiger partial charge on any atom is -0.372 e. The lowest BCUT2D eigenvalue weighted by Gasteiger charge is -2.18. The first-order valence-corrected chi connectivity index (χ1v) is 12.9. The molecule has 1 aliphatic rings. The molecule has 37 heavy (non-hydrogen) atoms. The van der Waals surface area contributed by atoms with Crippen molar-refractivity contribution < 1.29 is 30.9 Å². The Bertz CT molecular complexity index is 1430. The molecule has 0 bridgehead atoms. The fourth-order valence-electron chi connectivity index (χ4n) is 4.23. The molecule has 1 amide bonds. The normalized spacial score (nSPS) is 14.3. The number of nitrogens with one attached hydrogen (secondary N) is 1. The molecule has 7 nitrogen and oxygen atoms in total. The highest BCUT2D eigenvalue weighted by Crippen LogP contribution is 2.36. The predicted molar refractivity (Wildman–Crippen MR) is 134 cm³/mol. The Morgan fingerprint density at radius 1 is 1.00 bits per heavy atom. The molecule has 1 fully saturated rings. The number of nitrogens with zero attached hydrogens (tertiary/aromatic N) is 2. The van der Waals surface area contributed by atoms with E-state index in [4.69, 9.17) is 0 Å². The number of hydrogen-bond acceptors (Lipinski definition) is 5. The number of carbonyl (C=O) groups is 1. The summed E-state index contributed by atoms with van der Waals surface area (Å²) in [5.74, 6) is -0.398. The van der Waals surface area contributed by atoms with Crippen LogP contribution in [0.15, 0.2) is 76.7 Å². The standard InChI is InChI=1S/C26H24F3N3O4S/c27-26(28,29)20-10-11-24(37(34,35)36)23(16-20)22-9-2-1-7-19(22)17-30-31-25(33)15-18-6-5-8-21(14-18)32-12-3-4-13-32/h1-2,5-11,14,16-17H,3-4,12-13,15H2,(H,31,33)(H,34,35,36)/b30-17-. The number of halogens is 3. The molecule has 3 aromatic carbocycles. The van der Waals surface area contributed by atoms with E-state index in [9.17, 15) is 30.9 Å². The Morgan fingerprint density at radius 3 is 2.43 bits per heavy atom. The molecular formula is C26H24F3N3O4S. The van der Waals surface area contributed by atoms with Gasteiger partial charge in [-0.3, -0.25) is 9.35 Å². The van der Waals surface area contributed by atoms with Gasteiger partial charge in [0.25, 0.3) is 10.1 Å². The highest BCUT2D eigenvalue weighted by atomic mass is 32.2. The molecule has 3 aromatic rings. The summed E-state index contributed by atoms with van der Waals surface area (Å²) < 4.78 is 73.2. The third-order valence-corrected chi connectivity index (χ3v) is 6.89. The van der Waals surface area contributed by atoms with Gasteiger partial charge in [-0.25, -0.2) is 5.43 Å². The van der Waals surface area contributed by atoms with E-state index in [1.54, 1.807) is 6.07 Å². The van der Waals surface area contributed by atoms with Crippen LogP contribution in [-0.4, -0.2) is 38.2 Å². The summed E-state index contributed by atoms with van der Waals surface area (Å²) in [6.07, 6.45) is -1.18. The Kier molecular flexibility index (Phi) is 7.65. The summed E-state index contributed by atoms with van der Waals surface area (Å²) in [5.41, 5.74) is 3.15. The third-order valence-electron chi connectivity index (χ3n) is 5.98. The fourth-order valence-corrected chi connectivity index (χ4v) is 4.92. The Balaban J connectivity index is 1.55. The highest BCUT2D eigenvalue weighted by molar-refractivity contribution is 7.86. The van der Waals surface area contributed by atoms with E-state index < -0.39 is 32.7 Å². The zero-order valence-corrected chi connectivity index (χ0v) is 20.4. The maximum absolute atomic E-state index is 13.3. The molecule has 0 aromatic heterocycles. The van der Waals surface area contributed by atoms with Gasteiger partial charge >= 0.3 is 6.18 Å². The van der Waals surface area contributed by atoms with Crippen LogP contribution in [0.4, 0.5) is 18.9 Å². The Morgan fingerprint density at radius 2 is 1.73 bits per heavy atom. The fraction of sp³-hybridized carbons (Fsp3) is 0.231. The molecule has 0 atom stereocenters. The number of carbonyl (C=O) groups excluding carboxylic acids is 1. The van der Waals surface area contributed by atoms with Crippen LogP contribution in [0.1, 0.15) is 29.5 Å². The van der Waals surface area contributed by atoms with Gasteiger partial charge in [0.2, 0.25) is 5.91 Å². The summed E-state index contributed by atoms with van der Waals surface area (Å²) >= 11 is 0. The molecule has 0 saturated carbocycles. The van der Waals surface area contributed by atoms with Crippen molar-refractivity contribution in [3.05, 3.63) is 83.4 Å². The van der Waals surface area contributed by atoms with Crippen molar-refractivity contribution in [1.82, 2.24) is 5.43 Å². The molecule has 0 radical (unpaired) electrons. The van der Waals surface area contributed by atoms with Crippen LogP contribution in [0.5, 0.6) is 0 Å². The molecule has 11 heteroatoms. The number of anilines is 1. The number of hydrogen-bond donors (Lipinski definition) is 2. The largest absolute Gasteiger partial charge is 0.416 e. The van der Waals surface area contributed by atoms with Crippen LogP contribution < -0.4 is 10.3 Å². The average molecular weight is 532 g/mol. The number of alkyl halides is 3. The number of hydrazone groups is 1. The minimum absolute atomic E-state index is 0.0706. The van der Waals surface area contributed by atoms with Crippen molar-refractivity contribution in [2.24, 2.45) is 5.10 Å². The van der Waals surface area contributed by atoms with Gasteiger partial charge in [0.1, 0.15) is 4.90 Å². The molecule has 1 aliphatic heterocycles. The van der Waals surface area contributed by atoms with E-state index in [2.05, 4.69) is 15.4 Å². The van der Waals surface area contributed by atoms with Gasteiger partial charge in [0.05, 0.1) is 18.2 Å². The van der Waals surface area contributed by atoms with E-state index in [1.807, 2.05) is 24.3 Å². The van der Waals surface area contributed by atoms with E-state index in [0.717, 1.165) is 37.2 Å². The van der Waals surface area contributed by atoms with Gasteiger partial charge in [-0.1, -0.05) is 36.4 Å². The van der Waals surface area contributed by atoms with Crippen molar-refractivity contribution in [1.29, 1.82) is 0 Å². The summed E-state index contributed by atoms with van der Waals surface area (Å²) in [5, 5.41) is 3.92. The molecule has 1 heterocycles. The first-order chi connectivity index (χ1) is 17.5. The average Bonchev–Trinajstić information content (AvgIpc) is 3.38. The van der Waals surface area contributed by atoms with Crippen molar-refractivity contribution in [3.63, 3.8) is 0 Å². The van der Waals surface area contributed by atoms with Gasteiger partial charge in [0, 0.05) is 29.9 Å². The number of amides is 1. The predicted octanol–water partition coefficient (Wildman–Crippen LogP) is 4.91. The van der Waals surface area contributed by atoms with E-state index in [-0.39, 0.29) is 23.1 Å². The summed E-state index contributed by atoms with van der Waals surface area (Å²) in [7, 11) is -4.82. The van der Waals surface area contributed by atoms with Gasteiger partial charge in [0.15, 0.2) is 0 Å². The first-order valence-electron chi connectivity index (χ1n) is 11.5. The van der Waals surface area contributed by atoms with Crippen LogP contribution in [-0.2, 0) is 27.5 Å². The van der Waals surface area contributed by atoms with Crippen molar-refractivity contribution in [2.45, 2.75) is 30.3 Å². The Labute approximate surface area is 212 Å². The van der Waals surface area contributed by atoms with Crippen molar-refractivity contribution in [2.75, 3.05) is 18.0 Å². The van der Waals surface area contributed by atoms with Crippen molar-refractivity contribution in [3.8, 4) is 11.1 Å². The SMILES string of the molecule is O=C(Cc1cccc(N2CCCC2)c1)N/N=C\c1ccccc1-c1cc(C(F)(F)F)ccc1S(=O)(=O)O. The molecule has 0 unspecified atom stereocenters. The molecule has 194 valence electrons. The smallest absolute Gasteiger partial charge is 0.372 e. The van der Waals surface area contributed by atoms with Crippen LogP contribution in [0, 0.1) is 0 Å². The quantitative estimate of drug-likeness (QED) is 0.256. The maximum Gasteiger partial charge on any atom is 0.416 e. The van der Waals surface area contributed by atoms with Crippen LogP contribution >= 0.6 is 0 Å². The lowest BCUT2D eigenvalue weighted by Crippen LogP contribution is -2.21. The summed E-state index contributed by atoms with van der Waals surface area (Å²) in [4.78, 5) is 14.0. The number of rotatable bonds is 7. The van der Waals surface area contributed by atoms with Gasteiger partial charge in [-0.15, -0.1) is 0 Å². The Hall–Kier alpha value is -3.70. The molecule has 0 spiro atoms. The van der Waals surface area contributed by atoms with Gasteiger partial charge < -0.3 is 4.90 Å². The first kappa shape index (κ1) is 26.4. The zero-order chi connectivity index (χ0) is 26.6. The lowest BCUT2D eigenvalue weighted by atomic mass is 9.98. The lowest BCUT2D eigenvalue weighted by molar-refractivity contribution is -0.137. The maximum atomic E-state index is 13.3. The molecular weight excluding hydrogens is 507 g/mol. The summed E-state index contributed by atoms with van der Waals surface area (Å²) in [6.45, 7) is 1.95. The second-order valence-electron chi connectivity index (χ2n) is 8.61. The van der Waals surface area contributed by atoms with Gasteiger partial charge in [-0.05, 0) is 54.3 Å². The molecule has 1 saturated heterocycles. The highest BCUT2D eigenvalue weighted by Gasteiger charge is 2.32. The minimum atomic E-state index is -4.82. The van der Waals surface area contributed by atoms with Gasteiger partial charge in [-0.2, -0.15) is 26.7 Å². The second kappa shape index (κ2) is 10.7. The van der Waals surface area contributed by atoms with E-state index >= 15 is 0 Å². The molecule has 0 aliphatic carbocycles. The van der Waals surface area contributed by atoms with Crippen molar-refractivity contribution >= 4 is 27.9 Å². The van der Waals surface area contributed by atoms with Crippen LogP contribution in [0.2, 0.25) is 0 Å². The molecule has 4 rings (SSSR count).